The Morgan fingerprint density at radius 2 is 1.78 bits per heavy atom. The highest BCUT2D eigenvalue weighted by Gasteiger charge is 2.27. The maximum absolute atomic E-state index is 12.4. The summed E-state index contributed by atoms with van der Waals surface area (Å²) in [4.78, 5) is 30.4. The van der Waals surface area contributed by atoms with Gasteiger partial charge >= 0.3 is 12.1 Å². The highest BCUT2D eigenvalue weighted by molar-refractivity contribution is 6.15. The summed E-state index contributed by atoms with van der Waals surface area (Å²) in [6, 6.07) is 10.2. The minimum Gasteiger partial charge on any atom is -0.469 e. The molecule has 0 saturated carbocycles. The van der Waals surface area contributed by atoms with Crippen LogP contribution in [0.3, 0.4) is 0 Å². The molecule has 0 atom stereocenters. The molecule has 3 rings (SSSR count). The third kappa shape index (κ3) is 10.6. The Morgan fingerprint density at radius 3 is 2.39 bits per heavy atom. The van der Waals surface area contributed by atoms with Gasteiger partial charge in [-0.05, 0) is 75.6 Å². The minimum absolute atomic E-state index is 0.206. The Morgan fingerprint density at radius 1 is 1.14 bits per heavy atom. The molecule has 1 aromatic heterocycles. The van der Waals surface area contributed by atoms with Crippen LogP contribution in [0.25, 0.3) is 16.5 Å². The maximum atomic E-state index is 12.4. The standard InChI is InChI=1S/C26H34N2O4.C2H6.CH3Cl/c1-26(2,3)32-25(30)28-14-12-19(13-15-28)16-20(9-7-11-24(29)31-4)22-17-21-8-5-6-10-23(21)27-18-22;2*1-2/h5-6,8-10,17-19H,7,11-16H2,1-4H3;1-2H3;1H3/b20-9-;;. The third-order valence-electron chi connectivity index (χ3n) is 5.70. The summed E-state index contributed by atoms with van der Waals surface area (Å²) in [5.74, 6) is 0.257. The molecule has 1 aliphatic rings. The first-order valence-corrected chi connectivity index (χ1v) is 13.5. The van der Waals surface area contributed by atoms with Crippen LogP contribution < -0.4 is 0 Å². The number of carbonyl (C=O) groups is 2. The second-order valence-electron chi connectivity index (χ2n) is 9.38. The van der Waals surface area contributed by atoms with Gasteiger partial charge in [-0.15, -0.1) is 11.6 Å². The number of hydrogen-bond donors (Lipinski definition) is 0. The van der Waals surface area contributed by atoms with Gasteiger partial charge in [0.25, 0.3) is 0 Å². The number of fused-ring (bicyclic) bond motifs is 1. The van der Waals surface area contributed by atoms with Crippen molar-refractivity contribution in [3.8, 4) is 0 Å². The van der Waals surface area contributed by atoms with Crippen molar-refractivity contribution in [2.45, 2.75) is 72.3 Å². The highest BCUT2D eigenvalue weighted by atomic mass is 35.5. The lowest BCUT2D eigenvalue weighted by Gasteiger charge is -2.33. The van der Waals surface area contributed by atoms with Crippen LogP contribution in [-0.2, 0) is 14.3 Å². The summed E-state index contributed by atoms with van der Waals surface area (Å²) >= 11 is 4.64. The van der Waals surface area contributed by atoms with Crippen LogP contribution in [-0.4, -0.2) is 54.1 Å². The molecule has 0 aliphatic carbocycles. The van der Waals surface area contributed by atoms with E-state index in [1.54, 1.807) is 4.90 Å². The molecule has 1 aromatic carbocycles. The van der Waals surface area contributed by atoms with Gasteiger partial charge < -0.3 is 14.4 Å². The van der Waals surface area contributed by atoms with Crippen LogP contribution in [0.15, 0.2) is 42.6 Å². The van der Waals surface area contributed by atoms with E-state index in [2.05, 4.69) is 34.8 Å². The van der Waals surface area contributed by atoms with E-state index in [9.17, 15) is 9.59 Å². The number of alkyl halides is 1. The molecule has 1 amide bonds. The first-order chi connectivity index (χ1) is 17.2. The van der Waals surface area contributed by atoms with E-state index in [-0.39, 0.29) is 12.1 Å². The van der Waals surface area contributed by atoms with Crippen molar-refractivity contribution in [2.24, 2.45) is 5.92 Å². The lowest BCUT2D eigenvalue weighted by Crippen LogP contribution is -2.41. The van der Waals surface area contributed by atoms with Crippen molar-refractivity contribution in [3.63, 3.8) is 0 Å². The molecule has 2 aromatic rings. The normalized spacial score (nSPS) is 14.2. The maximum Gasteiger partial charge on any atom is 0.410 e. The number of amides is 1. The summed E-state index contributed by atoms with van der Waals surface area (Å²) in [7, 11) is 1.42. The van der Waals surface area contributed by atoms with E-state index < -0.39 is 5.60 Å². The SMILES string of the molecule is CC.CCl.COC(=O)CC/C=C(/CC1CCN(C(=O)OC(C)(C)C)CC1)c1cnc2ccccc2c1. The fourth-order valence-electron chi connectivity index (χ4n) is 3.99. The number of benzene rings is 1. The molecule has 0 spiro atoms. The van der Waals surface area contributed by atoms with E-state index in [0.717, 1.165) is 35.7 Å². The Hall–Kier alpha value is -2.60. The number of carbonyl (C=O) groups excluding carboxylic acids is 2. The van der Waals surface area contributed by atoms with Crippen molar-refractivity contribution in [1.29, 1.82) is 0 Å². The zero-order valence-corrected chi connectivity index (χ0v) is 23.7. The van der Waals surface area contributed by atoms with Gasteiger partial charge in [-0.3, -0.25) is 9.78 Å². The zero-order valence-electron chi connectivity index (χ0n) is 23.0. The van der Waals surface area contributed by atoms with Crippen LogP contribution >= 0.6 is 11.6 Å². The molecule has 6 nitrogen and oxygen atoms in total. The molecule has 1 aliphatic heterocycles. The van der Waals surface area contributed by atoms with Crippen LogP contribution in [0, 0.1) is 5.92 Å². The molecule has 200 valence electrons. The number of hydrogen-bond acceptors (Lipinski definition) is 5. The largest absolute Gasteiger partial charge is 0.469 e. The minimum atomic E-state index is -0.480. The van der Waals surface area contributed by atoms with Gasteiger partial charge in [-0.2, -0.15) is 0 Å². The molecule has 0 N–H and O–H groups in total. The van der Waals surface area contributed by atoms with Gasteiger partial charge in [0.2, 0.25) is 0 Å². The van der Waals surface area contributed by atoms with Crippen molar-refractivity contribution >= 4 is 40.1 Å². The molecular formula is C29H43ClN2O4. The van der Waals surface area contributed by atoms with Crippen LogP contribution in [0.2, 0.25) is 0 Å². The Bertz CT molecular complexity index is 977. The van der Waals surface area contributed by atoms with Crippen molar-refractivity contribution in [3.05, 3.63) is 48.2 Å². The van der Waals surface area contributed by atoms with Gasteiger partial charge in [-0.25, -0.2) is 4.79 Å². The summed E-state index contributed by atoms with van der Waals surface area (Å²) in [5, 5.41) is 1.10. The monoisotopic (exact) mass is 518 g/mol. The van der Waals surface area contributed by atoms with Gasteiger partial charge in [-0.1, -0.05) is 38.1 Å². The molecule has 0 unspecified atom stereocenters. The number of piperidine rings is 1. The first kappa shape index (κ1) is 31.4. The number of rotatable bonds is 6. The van der Waals surface area contributed by atoms with Gasteiger partial charge in [0.05, 0.1) is 12.6 Å². The number of aromatic nitrogens is 1. The second-order valence-corrected chi connectivity index (χ2v) is 9.38. The van der Waals surface area contributed by atoms with E-state index in [4.69, 9.17) is 9.47 Å². The smallest absolute Gasteiger partial charge is 0.410 e. The molecule has 36 heavy (non-hydrogen) atoms. The molecule has 0 bridgehead atoms. The van der Waals surface area contributed by atoms with Crippen molar-refractivity contribution < 1.29 is 19.1 Å². The summed E-state index contributed by atoms with van der Waals surface area (Å²) in [6.07, 6.45) is 9.03. The van der Waals surface area contributed by atoms with Crippen LogP contribution in [0.4, 0.5) is 4.79 Å². The zero-order chi connectivity index (χ0) is 27.1. The topological polar surface area (TPSA) is 68.7 Å². The fraction of sp³-hybridized carbons (Fsp3) is 0.552. The van der Waals surface area contributed by atoms with E-state index in [0.29, 0.717) is 31.8 Å². The molecular weight excluding hydrogens is 476 g/mol. The number of para-hydroxylation sites is 1. The molecule has 0 radical (unpaired) electrons. The molecule has 7 heteroatoms. The summed E-state index contributed by atoms with van der Waals surface area (Å²) in [6.45, 7) is 11.1. The van der Waals surface area contributed by atoms with E-state index in [1.165, 1.54) is 19.1 Å². The van der Waals surface area contributed by atoms with Gasteiger partial charge in [0.15, 0.2) is 0 Å². The quantitative estimate of drug-likeness (QED) is 0.292. The number of esters is 1. The predicted molar refractivity (Wildman–Crippen MR) is 149 cm³/mol. The number of pyridine rings is 1. The Kier molecular flexibility index (Phi) is 14.1. The van der Waals surface area contributed by atoms with Gasteiger partial charge in [0, 0.05) is 37.5 Å². The fourth-order valence-corrected chi connectivity index (χ4v) is 3.99. The number of allylic oxidation sites excluding steroid dienone is 2. The average molecular weight is 519 g/mol. The number of ether oxygens (including phenoxy) is 2. The average Bonchev–Trinajstić information content (AvgIpc) is 2.89. The summed E-state index contributed by atoms with van der Waals surface area (Å²) in [5.41, 5.74) is 2.77. The lowest BCUT2D eigenvalue weighted by atomic mass is 9.87. The van der Waals surface area contributed by atoms with Crippen molar-refractivity contribution in [1.82, 2.24) is 9.88 Å². The number of nitrogens with zero attached hydrogens (tertiary/aromatic N) is 2. The number of methoxy groups -OCH3 is 1. The number of halogens is 1. The number of likely N-dealkylation sites (tertiary alicyclic amines) is 1. The molecule has 1 fully saturated rings. The van der Waals surface area contributed by atoms with Gasteiger partial charge in [0.1, 0.15) is 5.60 Å². The first-order valence-electron chi connectivity index (χ1n) is 12.7. The molecule has 1 saturated heterocycles. The van der Waals surface area contributed by atoms with Crippen molar-refractivity contribution in [2.75, 3.05) is 26.6 Å². The second kappa shape index (κ2) is 16.2. The van der Waals surface area contributed by atoms with E-state index >= 15 is 0 Å². The van der Waals surface area contributed by atoms with Crippen LogP contribution in [0.5, 0.6) is 0 Å². The lowest BCUT2D eigenvalue weighted by molar-refractivity contribution is -0.140. The Labute approximate surface area is 222 Å². The highest BCUT2D eigenvalue weighted by Crippen LogP contribution is 2.31. The van der Waals surface area contributed by atoms with Crippen LogP contribution in [0.1, 0.15) is 72.3 Å². The Balaban J connectivity index is 0.00000154. The summed E-state index contributed by atoms with van der Waals surface area (Å²) < 4.78 is 10.3. The van der Waals surface area contributed by atoms with E-state index in [1.807, 2.05) is 59.0 Å². The third-order valence-corrected chi connectivity index (χ3v) is 5.70. The predicted octanol–water partition coefficient (Wildman–Crippen LogP) is 7.49. The molecule has 2 heterocycles.